The molecule has 10 rings (SSSR count). The van der Waals surface area contributed by atoms with E-state index in [4.69, 9.17) is 15.0 Å². The third-order valence-corrected chi connectivity index (χ3v) is 10.6. The van der Waals surface area contributed by atoms with E-state index >= 15 is 0 Å². The van der Waals surface area contributed by atoms with Crippen molar-refractivity contribution in [2.45, 2.75) is 19.3 Å². The molecule has 52 heavy (non-hydrogen) atoms. The Bertz CT molecular complexity index is 2720. The Morgan fingerprint density at radius 2 is 0.942 bits per heavy atom. The lowest BCUT2D eigenvalue weighted by Gasteiger charge is -2.23. The molecule has 0 fully saturated rings. The molecular weight excluding hydrogens is 633 g/mol. The normalized spacial score (nSPS) is 13.0. The van der Waals surface area contributed by atoms with Gasteiger partial charge < -0.3 is 4.57 Å². The summed E-state index contributed by atoms with van der Waals surface area (Å²) in [7, 11) is 0. The molecule has 0 aliphatic heterocycles. The Morgan fingerprint density at radius 1 is 0.442 bits per heavy atom. The summed E-state index contributed by atoms with van der Waals surface area (Å²) in [4.78, 5) is 14.9. The largest absolute Gasteiger partial charge is 0.309 e. The topological polar surface area (TPSA) is 43.6 Å². The van der Waals surface area contributed by atoms with Gasteiger partial charge in [0, 0.05) is 44.1 Å². The molecule has 0 amide bonds. The Kier molecular flexibility index (Phi) is 6.80. The van der Waals surface area contributed by atoms with Gasteiger partial charge in [0.1, 0.15) is 0 Å². The highest BCUT2D eigenvalue weighted by Gasteiger charge is 2.38. The maximum absolute atomic E-state index is 4.99. The second-order valence-corrected chi connectivity index (χ2v) is 14.0. The molecule has 0 spiro atoms. The number of aromatic nitrogens is 4. The van der Waals surface area contributed by atoms with E-state index in [1.807, 2.05) is 60.7 Å². The van der Waals surface area contributed by atoms with E-state index in [0.29, 0.717) is 17.5 Å². The van der Waals surface area contributed by atoms with Crippen LogP contribution in [0.5, 0.6) is 0 Å². The van der Waals surface area contributed by atoms with Crippen molar-refractivity contribution < 1.29 is 0 Å². The Hall–Kier alpha value is -6.65. The molecular formula is C48H34N4. The lowest BCUT2D eigenvalue weighted by molar-refractivity contribution is 0.661. The SMILES string of the molecule is CC1(C)c2ccccc2-c2c1cc(-c1ccc(-c3nc(-c4ccccc4)nc(-c4ccccc4)n3)cc1)c1c3ccccc3n(-c3ccccc3)c21. The lowest BCUT2D eigenvalue weighted by atomic mass is 9.81. The molecule has 1 aliphatic rings. The molecule has 0 N–H and O–H groups in total. The van der Waals surface area contributed by atoms with Crippen LogP contribution < -0.4 is 0 Å². The fraction of sp³-hybridized carbons (Fsp3) is 0.0625. The number of hydrogen-bond donors (Lipinski definition) is 0. The molecule has 0 saturated heterocycles. The van der Waals surface area contributed by atoms with Gasteiger partial charge in [-0.05, 0) is 52.1 Å². The number of hydrogen-bond acceptors (Lipinski definition) is 3. The van der Waals surface area contributed by atoms with Gasteiger partial charge in [0.2, 0.25) is 0 Å². The first-order valence-corrected chi connectivity index (χ1v) is 17.8. The highest BCUT2D eigenvalue weighted by atomic mass is 15.0. The number of rotatable bonds is 5. The van der Waals surface area contributed by atoms with Crippen LogP contribution in [0.4, 0.5) is 0 Å². The Balaban J connectivity index is 1.21. The Labute approximate surface area is 302 Å². The van der Waals surface area contributed by atoms with Gasteiger partial charge in [-0.2, -0.15) is 0 Å². The van der Waals surface area contributed by atoms with Gasteiger partial charge >= 0.3 is 0 Å². The fourth-order valence-electron chi connectivity index (χ4n) is 8.13. The second kappa shape index (κ2) is 11.7. The van der Waals surface area contributed by atoms with Gasteiger partial charge in [0.15, 0.2) is 17.5 Å². The van der Waals surface area contributed by atoms with Gasteiger partial charge in [-0.15, -0.1) is 0 Å². The quantitative estimate of drug-likeness (QED) is 0.184. The summed E-state index contributed by atoms with van der Waals surface area (Å²) in [5, 5.41) is 2.50. The number of benzene rings is 7. The zero-order valence-corrected chi connectivity index (χ0v) is 29.0. The Morgan fingerprint density at radius 3 is 1.58 bits per heavy atom. The minimum absolute atomic E-state index is 0.167. The van der Waals surface area contributed by atoms with E-state index in [9.17, 15) is 0 Å². The third-order valence-electron chi connectivity index (χ3n) is 10.6. The molecule has 4 heteroatoms. The minimum Gasteiger partial charge on any atom is -0.309 e. The molecule has 0 atom stereocenters. The smallest absolute Gasteiger partial charge is 0.164 e. The third kappa shape index (κ3) is 4.65. The van der Waals surface area contributed by atoms with Crippen LogP contribution in [0.2, 0.25) is 0 Å². The zero-order chi connectivity index (χ0) is 34.8. The maximum Gasteiger partial charge on any atom is 0.164 e. The summed E-state index contributed by atoms with van der Waals surface area (Å²) < 4.78 is 2.47. The van der Waals surface area contributed by atoms with Crippen LogP contribution >= 0.6 is 0 Å². The number of para-hydroxylation sites is 2. The summed E-state index contributed by atoms with van der Waals surface area (Å²) in [6, 6.07) is 60.0. The zero-order valence-electron chi connectivity index (χ0n) is 29.0. The first-order valence-electron chi connectivity index (χ1n) is 17.8. The van der Waals surface area contributed by atoms with Crippen LogP contribution in [0.15, 0.2) is 170 Å². The first kappa shape index (κ1) is 30.2. The van der Waals surface area contributed by atoms with Gasteiger partial charge in [0.05, 0.1) is 11.0 Å². The van der Waals surface area contributed by atoms with Gasteiger partial charge in [-0.3, -0.25) is 0 Å². The van der Waals surface area contributed by atoms with Crippen molar-refractivity contribution in [3.05, 3.63) is 181 Å². The van der Waals surface area contributed by atoms with E-state index in [1.54, 1.807) is 0 Å². The predicted molar refractivity (Wildman–Crippen MR) is 213 cm³/mol. The van der Waals surface area contributed by atoms with Crippen molar-refractivity contribution in [3.63, 3.8) is 0 Å². The molecule has 2 heterocycles. The summed E-state index contributed by atoms with van der Waals surface area (Å²) in [6.45, 7) is 4.72. The maximum atomic E-state index is 4.99. The van der Waals surface area contributed by atoms with E-state index < -0.39 is 0 Å². The van der Waals surface area contributed by atoms with Crippen LogP contribution in [-0.2, 0) is 5.41 Å². The second-order valence-electron chi connectivity index (χ2n) is 14.0. The average molecular weight is 667 g/mol. The van der Waals surface area contributed by atoms with Crippen LogP contribution in [0.25, 0.3) is 83.9 Å². The highest BCUT2D eigenvalue weighted by molar-refractivity contribution is 6.21. The molecule has 0 bridgehead atoms. The van der Waals surface area contributed by atoms with Crippen molar-refractivity contribution in [2.24, 2.45) is 0 Å². The lowest BCUT2D eigenvalue weighted by Crippen LogP contribution is -2.15. The van der Waals surface area contributed by atoms with E-state index in [2.05, 4.69) is 128 Å². The van der Waals surface area contributed by atoms with Gasteiger partial charge in [-0.25, -0.2) is 15.0 Å². The summed E-state index contributed by atoms with van der Waals surface area (Å²) in [6.07, 6.45) is 0. The van der Waals surface area contributed by atoms with Gasteiger partial charge in [0.25, 0.3) is 0 Å². The molecule has 7 aromatic carbocycles. The van der Waals surface area contributed by atoms with Crippen molar-refractivity contribution in [2.75, 3.05) is 0 Å². The van der Waals surface area contributed by atoms with Crippen LogP contribution in [-0.4, -0.2) is 19.5 Å². The summed E-state index contributed by atoms with van der Waals surface area (Å²) in [5.41, 5.74) is 14.0. The molecule has 2 aromatic heterocycles. The molecule has 1 aliphatic carbocycles. The molecule has 0 unspecified atom stereocenters. The fourth-order valence-corrected chi connectivity index (χ4v) is 8.13. The van der Waals surface area contributed by atoms with Crippen LogP contribution in [0.1, 0.15) is 25.0 Å². The van der Waals surface area contributed by atoms with E-state index in [0.717, 1.165) is 27.9 Å². The monoisotopic (exact) mass is 666 g/mol. The highest BCUT2D eigenvalue weighted by Crippen LogP contribution is 2.55. The number of nitrogens with zero attached hydrogens (tertiary/aromatic N) is 4. The summed E-state index contributed by atoms with van der Waals surface area (Å²) in [5.74, 6) is 1.96. The van der Waals surface area contributed by atoms with E-state index in [-0.39, 0.29) is 5.41 Å². The first-order chi connectivity index (χ1) is 25.6. The van der Waals surface area contributed by atoms with Gasteiger partial charge in [-0.1, -0.05) is 159 Å². The predicted octanol–water partition coefficient (Wildman–Crippen LogP) is 11.9. The minimum atomic E-state index is -0.167. The van der Waals surface area contributed by atoms with Crippen molar-refractivity contribution in [1.82, 2.24) is 19.5 Å². The molecule has 246 valence electrons. The number of fused-ring (bicyclic) bond motifs is 7. The van der Waals surface area contributed by atoms with Crippen LogP contribution in [0.3, 0.4) is 0 Å². The van der Waals surface area contributed by atoms with Crippen LogP contribution in [0, 0.1) is 0 Å². The van der Waals surface area contributed by atoms with Crippen molar-refractivity contribution in [1.29, 1.82) is 0 Å². The summed E-state index contributed by atoms with van der Waals surface area (Å²) >= 11 is 0. The average Bonchev–Trinajstić information content (AvgIpc) is 3.67. The van der Waals surface area contributed by atoms with Crippen molar-refractivity contribution in [3.8, 4) is 62.1 Å². The molecule has 9 aromatic rings. The van der Waals surface area contributed by atoms with Crippen molar-refractivity contribution >= 4 is 21.8 Å². The standard InChI is InChI=1S/C48H34N4/c1-48(2)39-24-14-12-22-36(39)43-40(48)30-38(42-37-23-13-15-25-41(37)52(44(42)43)35-20-10-5-11-21-35)31-26-28-34(29-27-31)47-50-45(32-16-6-3-7-17-32)49-46(51-47)33-18-8-4-9-19-33/h3-30H,1-2H3. The molecule has 0 radical (unpaired) electrons. The van der Waals surface area contributed by atoms with E-state index in [1.165, 1.54) is 49.6 Å². The molecule has 4 nitrogen and oxygen atoms in total. The molecule has 0 saturated carbocycles.